The number of likely N-dealkylation sites (N-methyl/N-ethyl adjacent to an activating group) is 1. The van der Waals surface area contributed by atoms with Crippen LogP contribution in [0.15, 0.2) is 18.2 Å². The number of methoxy groups -OCH3 is 4. The lowest BCUT2D eigenvalue weighted by Gasteiger charge is -2.34. The Balaban J connectivity index is 1.47. The zero-order valence-electron chi connectivity index (χ0n) is 26.9. The number of esters is 1. The molecular formula is C32H36BrN5O9. The highest BCUT2D eigenvalue weighted by Gasteiger charge is 2.52. The normalized spacial score (nSPS) is 20.7. The quantitative estimate of drug-likeness (QED) is 0.220. The van der Waals surface area contributed by atoms with Crippen molar-refractivity contribution >= 4 is 62.0 Å². The standard InChI is InChI=1S/C32H36BrN5O9/c1-32(30(41)46-6)28(39)23-18-13-17(33)15-38(20(18)14-21(25(23)35-32)47-31(42)37-9-7-36(2)8-10-37)29(40)19-11-16-12-22(43-3)26(44-4)27(45-5)24(16)34-19/h11-12,14,17,34-35H,7-10,13,15H2,1-6H3/t17-,32+/m0/s1. The summed E-state index contributed by atoms with van der Waals surface area (Å²) >= 11 is 3.67. The van der Waals surface area contributed by atoms with Crippen molar-refractivity contribution in [1.82, 2.24) is 14.8 Å². The number of fused-ring (bicyclic) bond motifs is 4. The van der Waals surface area contributed by atoms with Gasteiger partial charge in [0, 0.05) is 49.0 Å². The van der Waals surface area contributed by atoms with Crippen LogP contribution in [0.4, 0.5) is 16.2 Å². The molecule has 2 atom stereocenters. The Morgan fingerprint density at radius 3 is 2.30 bits per heavy atom. The molecule has 0 saturated carbocycles. The van der Waals surface area contributed by atoms with Crippen molar-refractivity contribution in [3.63, 3.8) is 0 Å². The maximum absolute atomic E-state index is 14.3. The third-order valence-corrected chi connectivity index (χ3v) is 9.59. The van der Waals surface area contributed by atoms with Crippen molar-refractivity contribution in [2.24, 2.45) is 0 Å². The van der Waals surface area contributed by atoms with Gasteiger partial charge in [-0.1, -0.05) is 15.9 Å². The number of hydrogen-bond acceptors (Lipinski definition) is 11. The second-order valence-electron chi connectivity index (χ2n) is 11.9. The molecule has 3 aliphatic heterocycles. The summed E-state index contributed by atoms with van der Waals surface area (Å²) in [7, 11) is 7.67. The predicted octanol–water partition coefficient (Wildman–Crippen LogP) is 3.45. The largest absolute Gasteiger partial charge is 0.493 e. The van der Waals surface area contributed by atoms with E-state index in [0.717, 1.165) is 0 Å². The molecule has 2 amide bonds. The molecule has 3 aliphatic rings. The van der Waals surface area contributed by atoms with Gasteiger partial charge in [-0.2, -0.15) is 0 Å². The van der Waals surface area contributed by atoms with E-state index < -0.39 is 29.3 Å². The number of ether oxygens (including phenoxy) is 5. The summed E-state index contributed by atoms with van der Waals surface area (Å²) < 4.78 is 27.5. The number of carbonyl (C=O) groups excluding carboxylic acids is 4. The minimum Gasteiger partial charge on any atom is -0.493 e. The molecule has 1 fully saturated rings. The van der Waals surface area contributed by atoms with Gasteiger partial charge in [0.1, 0.15) is 5.69 Å². The predicted molar refractivity (Wildman–Crippen MR) is 176 cm³/mol. The highest BCUT2D eigenvalue weighted by molar-refractivity contribution is 9.09. The van der Waals surface area contributed by atoms with E-state index in [1.807, 2.05) is 7.05 Å². The molecule has 3 aromatic rings. The molecule has 15 heteroatoms. The van der Waals surface area contributed by atoms with E-state index in [2.05, 4.69) is 31.1 Å². The Kier molecular flexibility index (Phi) is 8.47. The Labute approximate surface area is 279 Å². The van der Waals surface area contributed by atoms with Gasteiger partial charge in [-0.3, -0.25) is 9.59 Å². The van der Waals surface area contributed by atoms with Crippen LogP contribution in [0.5, 0.6) is 23.0 Å². The van der Waals surface area contributed by atoms with Crippen molar-refractivity contribution in [3.05, 3.63) is 35.0 Å². The molecule has 14 nitrogen and oxygen atoms in total. The molecule has 0 spiro atoms. The smallest absolute Gasteiger partial charge is 0.415 e. The number of nitrogens with one attached hydrogen (secondary N) is 2. The third kappa shape index (κ3) is 5.30. The molecule has 0 bridgehead atoms. The molecular weight excluding hydrogens is 678 g/mol. The molecule has 1 saturated heterocycles. The number of amides is 2. The molecule has 250 valence electrons. The first-order valence-electron chi connectivity index (χ1n) is 15.0. The number of aromatic nitrogens is 1. The van der Waals surface area contributed by atoms with Crippen LogP contribution in [0.1, 0.15) is 33.3 Å². The Bertz CT molecular complexity index is 1800. The van der Waals surface area contributed by atoms with Crippen LogP contribution >= 0.6 is 15.9 Å². The number of nitrogens with zero attached hydrogens (tertiary/aromatic N) is 3. The fourth-order valence-corrected chi connectivity index (χ4v) is 7.03. The number of ketones is 1. The highest BCUT2D eigenvalue weighted by Crippen LogP contribution is 2.49. The van der Waals surface area contributed by atoms with E-state index in [4.69, 9.17) is 23.7 Å². The van der Waals surface area contributed by atoms with Gasteiger partial charge in [0.05, 0.1) is 50.9 Å². The number of alkyl halides is 1. The number of halogens is 1. The second kappa shape index (κ2) is 12.3. The summed E-state index contributed by atoms with van der Waals surface area (Å²) in [6.45, 7) is 3.95. The van der Waals surface area contributed by atoms with Crippen molar-refractivity contribution in [2.75, 3.05) is 78.4 Å². The first kappa shape index (κ1) is 32.4. The van der Waals surface area contributed by atoms with Crippen molar-refractivity contribution in [3.8, 4) is 23.0 Å². The van der Waals surface area contributed by atoms with Crippen LogP contribution in [0.3, 0.4) is 0 Å². The number of benzene rings is 2. The molecule has 1 aromatic heterocycles. The molecule has 4 heterocycles. The van der Waals surface area contributed by atoms with Crippen LogP contribution in [0.2, 0.25) is 0 Å². The summed E-state index contributed by atoms with van der Waals surface area (Å²) in [6, 6.07) is 5.00. The zero-order chi connectivity index (χ0) is 33.8. The van der Waals surface area contributed by atoms with Crippen molar-refractivity contribution < 1.29 is 42.9 Å². The summed E-state index contributed by atoms with van der Waals surface area (Å²) in [4.78, 5) is 62.8. The number of carbonyl (C=O) groups is 4. The summed E-state index contributed by atoms with van der Waals surface area (Å²) in [6.07, 6.45) is -0.230. The topological polar surface area (TPSA) is 152 Å². The Morgan fingerprint density at radius 1 is 0.957 bits per heavy atom. The lowest BCUT2D eigenvalue weighted by Crippen LogP contribution is -2.48. The van der Waals surface area contributed by atoms with E-state index in [-0.39, 0.29) is 34.1 Å². The average molecular weight is 715 g/mol. The molecule has 0 aliphatic carbocycles. The monoisotopic (exact) mass is 713 g/mol. The zero-order valence-corrected chi connectivity index (χ0v) is 28.5. The number of Topliss-reactive ketones (excluding diaryl/α,β-unsaturated/α-hetero) is 1. The summed E-state index contributed by atoms with van der Waals surface area (Å²) in [5.41, 5.74) is 0.297. The van der Waals surface area contributed by atoms with Gasteiger partial charge in [-0.15, -0.1) is 0 Å². The lowest BCUT2D eigenvalue weighted by atomic mass is 9.88. The third-order valence-electron chi connectivity index (χ3n) is 8.98. The average Bonchev–Trinajstić information content (AvgIpc) is 3.62. The Hall–Kier alpha value is -4.50. The van der Waals surface area contributed by atoms with Gasteiger partial charge in [-0.25, -0.2) is 9.59 Å². The molecule has 0 radical (unpaired) electrons. The fourth-order valence-electron chi connectivity index (χ4n) is 6.42. The van der Waals surface area contributed by atoms with Gasteiger partial charge < -0.3 is 48.7 Å². The van der Waals surface area contributed by atoms with E-state index in [1.54, 1.807) is 23.1 Å². The molecule has 2 aromatic carbocycles. The van der Waals surface area contributed by atoms with E-state index in [1.165, 1.54) is 40.3 Å². The maximum Gasteiger partial charge on any atom is 0.415 e. The number of aromatic amines is 1. The van der Waals surface area contributed by atoms with Crippen LogP contribution in [0, 0.1) is 0 Å². The molecule has 47 heavy (non-hydrogen) atoms. The number of hydrogen-bond donors (Lipinski definition) is 2. The minimum absolute atomic E-state index is 0.0299. The SMILES string of the molecule is COC(=O)[C@]1(C)Nc2c(OC(=O)N3CCN(C)CC3)cc3c(c2C1=O)C[C@H](Br)CN3C(=O)c1cc2cc(OC)c(OC)c(OC)c2[nH]1. The molecule has 2 N–H and O–H groups in total. The number of anilines is 2. The molecule has 0 unspecified atom stereocenters. The van der Waals surface area contributed by atoms with Crippen LogP contribution in [0.25, 0.3) is 10.9 Å². The van der Waals surface area contributed by atoms with Gasteiger partial charge in [0.2, 0.25) is 11.5 Å². The van der Waals surface area contributed by atoms with E-state index in [0.29, 0.717) is 72.0 Å². The fraction of sp³-hybridized carbons (Fsp3) is 0.438. The van der Waals surface area contributed by atoms with Crippen LogP contribution in [-0.2, 0) is 16.0 Å². The number of rotatable bonds is 6. The number of H-pyrrole nitrogens is 1. The van der Waals surface area contributed by atoms with Gasteiger partial charge in [-0.05, 0) is 38.1 Å². The first-order valence-corrected chi connectivity index (χ1v) is 15.9. The van der Waals surface area contributed by atoms with Crippen LogP contribution in [-0.4, -0.2) is 117 Å². The Morgan fingerprint density at radius 2 is 1.66 bits per heavy atom. The summed E-state index contributed by atoms with van der Waals surface area (Å²) in [5, 5.41) is 3.65. The summed E-state index contributed by atoms with van der Waals surface area (Å²) in [5.74, 6) is -0.542. The highest BCUT2D eigenvalue weighted by atomic mass is 79.9. The van der Waals surface area contributed by atoms with Crippen molar-refractivity contribution in [2.45, 2.75) is 23.7 Å². The number of piperazine rings is 1. The van der Waals surface area contributed by atoms with Crippen LogP contribution < -0.4 is 29.2 Å². The lowest BCUT2D eigenvalue weighted by molar-refractivity contribution is -0.143. The van der Waals surface area contributed by atoms with Gasteiger partial charge in [0.25, 0.3) is 5.91 Å². The maximum atomic E-state index is 14.3. The second-order valence-corrected chi connectivity index (χ2v) is 13.2. The molecule has 6 rings (SSSR count). The van der Waals surface area contributed by atoms with Gasteiger partial charge in [0.15, 0.2) is 22.8 Å². The minimum atomic E-state index is -1.76. The van der Waals surface area contributed by atoms with Gasteiger partial charge >= 0.3 is 12.1 Å². The first-order chi connectivity index (χ1) is 22.4. The van der Waals surface area contributed by atoms with E-state index >= 15 is 0 Å². The van der Waals surface area contributed by atoms with Crippen molar-refractivity contribution in [1.29, 1.82) is 0 Å². The van der Waals surface area contributed by atoms with E-state index in [9.17, 15) is 19.2 Å².